The second-order valence-corrected chi connectivity index (χ2v) is 3.29. The van der Waals surface area contributed by atoms with Crippen molar-refractivity contribution in [3.8, 4) is 0 Å². The molecule has 0 heterocycles. The predicted octanol–water partition coefficient (Wildman–Crippen LogP) is 0.480. The Morgan fingerprint density at radius 2 is 2.12 bits per heavy atom. The second kappa shape index (κ2) is 5.16. The Balaban J connectivity index is 2.77. The van der Waals surface area contributed by atoms with E-state index < -0.39 is 5.97 Å². The van der Waals surface area contributed by atoms with E-state index in [1.54, 1.807) is 25.1 Å². The van der Waals surface area contributed by atoms with E-state index in [2.05, 4.69) is 5.32 Å². The molecular formula is C11H14N2O3. The summed E-state index contributed by atoms with van der Waals surface area (Å²) in [6.07, 6.45) is 0. The van der Waals surface area contributed by atoms with Crippen molar-refractivity contribution < 1.29 is 14.3 Å². The molecule has 5 heteroatoms. The number of anilines is 1. The zero-order valence-corrected chi connectivity index (χ0v) is 9.24. The molecule has 1 rings (SSSR count). The summed E-state index contributed by atoms with van der Waals surface area (Å²) in [7, 11) is 1.47. The predicted molar refractivity (Wildman–Crippen MR) is 59.9 cm³/mol. The highest BCUT2D eigenvalue weighted by molar-refractivity contribution is 5.97. The summed E-state index contributed by atoms with van der Waals surface area (Å²) in [6.45, 7) is 1.45. The number of nitrogens with one attached hydrogen (secondary N) is 1. The fourth-order valence-corrected chi connectivity index (χ4v) is 1.24. The van der Waals surface area contributed by atoms with Gasteiger partial charge in [0.1, 0.15) is 0 Å². The quantitative estimate of drug-likeness (QED) is 0.575. The minimum atomic E-state index is -0.584. The number of likely N-dealkylation sites (N-methyl/N-ethyl adjacent to an activating group) is 1. The van der Waals surface area contributed by atoms with Crippen LogP contribution in [0.15, 0.2) is 18.2 Å². The third-order valence-corrected chi connectivity index (χ3v) is 2.12. The number of rotatable bonds is 3. The molecule has 1 amide bonds. The van der Waals surface area contributed by atoms with Crippen LogP contribution in [0.25, 0.3) is 0 Å². The number of hydrogen-bond donors (Lipinski definition) is 2. The number of carbonyl (C=O) groups is 2. The lowest BCUT2D eigenvalue weighted by molar-refractivity contribution is -0.123. The van der Waals surface area contributed by atoms with E-state index in [1.165, 1.54) is 7.05 Å². The van der Waals surface area contributed by atoms with Crippen LogP contribution in [-0.4, -0.2) is 25.5 Å². The van der Waals surface area contributed by atoms with E-state index in [9.17, 15) is 9.59 Å². The van der Waals surface area contributed by atoms with Gasteiger partial charge in [0.05, 0.1) is 5.56 Å². The normalized spacial score (nSPS) is 9.62. The van der Waals surface area contributed by atoms with Crippen LogP contribution in [0.4, 0.5) is 5.69 Å². The monoisotopic (exact) mass is 222 g/mol. The molecule has 0 bridgehead atoms. The molecule has 0 aliphatic carbocycles. The smallest absolute Gasteiger partial charge is 0.341 e. The van der Waals surface area contributed by atoms with Gasteiger partial charge in [-0.1, -0.05) is 12.1 Å². The van der Waals surface area contributed by atoms with Gasteiger partial charge in [-0.05, 0) is 18.6 Å². The lowest BCUT2D eigenvalue weighted by atomic mass is 10.1. The molecule has 0 saturated carbocycles. The zero-order valence-electron chi connectivity index (χ0n) is 9.24. The lowest BCUT2D eigenvalue weighted by Gasteiger charge is -2.08. The van der Waals surface area contributed by atoms with E-state index in [4.69, 9.17) is 10.5 Å². The molecule has 5 nitrogen and oxygen atoms in total. The van der Waals surface area contributed by atoms with Crippen LogP contribution >= 0.6 is 0 Å². The molecule has 0 aliphatic heterocycles. The van der Waals surface area contributed by atoms with Crippen molar-refractivity contribution in [3.63, 3.8) is 0 Å². The van der Waals surface area contributed by atoms with Crippen LogP contribution < -0.4 is 11.1 Å². The average Bonchev–Trinajstić information content (AvgIpc) is 2.25. The number of aryl methyl sites for hydroxylation is 1. The van der Waals surface area contributed by atoms with Gasteiger partial charge in [0, 0.05) is 12.7 Å². The molecule has 3 N–H and O–H groups in total. The fraction of sp³-hybridized carbons (Fsp3) is 0.273. The Morgan fingerprint density at radius 1 is 1.44 bits per heavy atom. The van der Waals surface area contributed by atoms with E-state index >= 15 is 0 Å². The van der Waals surface area contributed by atoms with Gasteiger partial charge < -0.3 is 15.8 Å². The molecule has 0 aliphatic rings. The highest BCUT2D eigenvalue weighted by Crippen LogP contribution is 2.17. The van der Waals surface area contributed by atoms with Crippen molar-refractivity contribution in [2.24, 2.45) is 0 Å². The van der Waals surface area contributed by atoms with Gasteiger partial charge in [0.2, 0.25) is 0 Å². The Morgan fingerprint density at radius 3 is 2.69 bits per heavy atom. The van der Waals surface area contributed by atoms with Gasteiger partial charge in [-0.2, -0.15) is 0 Å². The lowest BCUT2D eigenvalue weighted by Crippen LogP contribution is -2.25. The summed E-state index contributed by atoms with van der Waals surface area (Å²) in [5.41, 5.74) is 7.04. The highest BCUT2D eigenvalue weighted by atomic mass is 16.5. The van der Waals surface area contributed by atoms with Crippen LogP contribution in [0, 0.1) is 6.92 Å². The van der Waals surface area contributed by atoms with E-state index in [1.807, 2.05) is 0 Å². The molecule has 0 saturated heterocycles. The Bertz CT molecular complexity index is 395. The van der Waals surface area contributed by atoms with Gasteiger partial charge in [-0.25, -0.2) is 4.79 Å². The molecule has 1 aromatic carbocycles. The van der Waals surface area contributed by atoms with Crippen molar-refractivity contribution in [2.45, 2.75) is 6.92 Å². The summed E-state index contributed by atoms with van der Waals surface area (Å²) < 4.78 is 4.81. The van der Waals surface area contributed by atoms with E-state index in [0.29, 0.717) is 11.3 Å². The Hall–Kier alpha value is -2.04. The molecule has 0 aromatic heterocycles. The number of hydrogen-bond acceptors (Lipinski definition) is 4. The molecule has 0 atom stereocenters. The highest BCUT2D eigenvalue weighted by Gasteiger charge is 2.14. The molecule has 1 aromatic rings. The Kier molecular flexibility index (Phi) is 3.88. The Labute approximate surface area is 93.6 Å². The zero-order chi connectivity index (χ0) is 12.1. The van der Waals surface area contributed by atoms with Crippen LogP contribution in [0.1, 0.15) is 15.9 Å². The summed E-state index contributed by atoms with van der Waals surface area (Å²) in [5, 5.41) is 2.35. The molecule has 86 valence electrons. The number of benzene rings is 1. The number of nitrogen functional groups attached to an aromatic ring is 1. The van der Waals surface area contributed by atoms with Gasteiger partial charge in [0.25, 0.3) is 5.91 Å². The average molecular weight is 222 g/mol. The van der Waals surface area contributed by atoms with Gasteiger partial charge in [-0.3, -0.25) is 4.79 Å². The first-order valence-electron chi connectivity index (χ1n) is 4.79. The van der Waals surface area contributed by atoms with Crippen molar-refractivity contribution in [3.05, 3.63) is 29.3 Å². The number of amides is 1. The van der Waals surface area contributed by atoms with E-state index in [0.717, 1.165) is 5.56 Å². The second-order valence-electron chi connectivity index (χ2n) is 3.29. The van der Waals surface area contributed by atoms with Gasteiger partial charge in [-0.15, -0.1) is 0 Å². The molecule has 0 unspecified atom stereocenters. The van der Waals surface area contributed by atoms with Gasteiger partial charge in [0.15, 0.2) is 6.61 Å². The van der Waals surface area contributed by atoms with Crippen molar-refractivity contribution in [2.75, 3.05) is 19.4 Å². The molecule has 0 fully saturated rings. The largest absolute Gasteiger partial charge is 0.452 e. The number of esters is 1. The third-order valence-electron chi connectivity index (χ3n) is 2.12. The number of nitrogens with two attached hydrogens (primary N) is 1. The maximum absolute atomic E-state index is 11.6. The molecule has 0 radical (unpaired) electrons. The summed E-state index contributed by atoms with van der Waals surface area (Å²) in [6, 6.07) is 5.12. The number of carbonyl (C=O) groups excluding carboxylic acids is 2. The minimum Gasteiger partial charge on any atom is -0.452 e. The molecule has 0 spiro atoms. The van der Waals surface area contributed by atoms with Crippen molar-refractivity contribution >= 4 is 17.6 Å². The maximum atomic E-state index is 11.6. The minimum absolute atomic E-state index is 0.302. The van der Waals surface area contributed by atoms with Crippen LogP contribution in [0.3, 0.4) is 0 Å². The van der Waals surface area contributed by atoms with Crippen molar-refractivity contribution in [1.82, 2.24) is 5.32 Å². The first-order valence-corrected chi connectivity index (χ1v) is 4.79. The summed E-state index contributed by atoms with van der Waals surface area (Å²) in [4.78, 5) is 22.5. The topological polar surface area (TPSA) is 81.4 Å². The standard InChI is InChI=1S/C11H14N2O3/c1-7-4-3-5-8(12)10(7)11(15)16-6-9(14)13-2/h3-5H,6,12H2,1-2H3,(H,13,14). The first kappa shape index (κ1) is 12.0. The van der Waals surface area contributed by atoms with Crippen LogP contribution in [0.2, 0.25) is 0 Å². The fourth-order valence-electron chi connectivity index (χ4n) is 1.24. The molecular weight excluding hydrogens is 208 g/mol. The maximum Gasteiger partial charge on any atom is 0.341 e. The van der Waals surface area contributed by atoms with Crippen molar-refractivity contribution in [1.29, 1.82) is 0 Å². The van der Waals surface area contributed by atoms with Gasteiger partial charge >= 0.3 is 5.97 Å². The van der Waals surface area contributed by atoms with Crippen LogP contribution in [0.5, 0.6) is 0 Å². The molecule has 16 heavy (non-hydrogen) atoms. The summed E-state index contributed by atoms with van der Waals surface area (Å²) in [5.74, 6) is -0.945. The first-order chi connectivity index (χ1) is 7.56. The summed E-state index contributed by atoms with van der Waals surface area (Å²) >= 11 is 0. The third kappa shape index (κ3) is 2.73. The van der Waals surface area contributed by atoms with E-state index in [-0.39, 0.29) is 12.5 Å². The number of ether oxygens (including phenoxy) is 1. The SMILES string of the molecule is CNC(=O)COC(=O)c1c(C)cccc1N. The van der Waals surface area contributed by atoms with Crippen LogP contribution in [-0.2, 0) is 9.53 Å².